The topological polar surface area (TPSA) is 231 Å². The number of nitriles is 1. The second kappa shape index (κ2) is 15.7. The largest absolute Gasteiger partial charge is 0.870 e. The van der Waals surface area contributed by atoms with E-state index in [2.05, 4.69) is 68.3 Å². The molecule has 0 radical (unpaired) electrons. The number of primary sulfonamides is 1. The molecule has 3 N–H and O–H groups in total. The number of nitro groups is 1. The van der Waals surface area contributed by atoms with E-state index in [-0.39, 0.29) is 50.7 Å². The van der Waals surface area contributed by atoms with E-state index < -0.39 is 43.3 Å². The third-order valence-corrected chi connectivity index (χ3v) is 10.5. The molecule has 53 heavy (non-hydrogen) atoms. The summed E-state index contributed by atoms with van der Waals surface area (Å²) in [5.41, 5.74) is 0.481. The van der Waals surface area contributed by atoms with Gasteiger partial charge in [0.25, 0.3) is 11.6 Å². The van der Waals surface area contributed by atoms with Crippen molar-refractivity contribution in [2.24, 2.45) is 15.4 Å². The van der Waals surface area contributed by atoms with Crippen molar-refractivity contribution >= 4 is 50.4 Å². The van der Waals surface area contributed by atoms with Gasteiger partial charge in [-0.15, -0.1) is 10.2 Å². The molecular formula is C36H40ClN8O7S-. The number of hydrogen-bond donors (Lipinski definition) is 2. The molecule has 3 aromatic carbocycles. The van der Waals surface area contributed by atoms with Crippen molar-refractivity contribution in [2.75, 3.05) is 5.32 Å². The molecule has 0 spiro atoms. The lowest BCUT2D eigenvalue weighted by Gasteiger charge is -2.31. The molecule has 0 fully saturated rings. The fourth-order valence-corrected chi connectivity index (χ4v) is 5.95. The van der Waals surface area contributed by atoms with Gasteiger partial charge in [-0.1, -0.05) is 77.9 Å². The Morgan fingerprint density at radius 3 is 2.36 bits per heavy atom. The second-order valence-electron chi connectivity index (χ2n) is 13.6. The van der Waals surface area contributed by atoms with E-state index in [0.717, 1.165) is 53.0 Å². The van der Waals surface area contributed by atoms with E-state index in [9.17, 15) is 33.7 Å². The summed E-state index contributed by atoms with van der Waals surface area (Å²) in [5.74, 6) is -0.999. The summed E-state index contributed by atoms with van der Waals surface area (Å²) in [5, 5.41) is 54.2. The summed E-state index contributed by atoms with van der Waals surface area (Å²) in [6, 6.07) is 13.2. The Balaban J connectivity index is 1.68. The van der Waals surface area contributed by atoms with E-state index in [0.29, 0.717) is 5.75 Å². The highest BCUT2D eigenvalue weighted by Gasteiger charge is 2.29. The zero-order valence-electron chi connectivity index (χ0n) is 30.3. The van der Waals surface area contributed by atoms with E-state index in [4.69, 9.17) is 21.5 Å². The van der Waals surface area contributed by atoms with Crippen LogP contribution in [0.2, 0.25) is 5.02 Å². The molecule has 15 nitrogen and oxygen atoms in total. The maximum Gasteiger partial charge on any atom is 0.296 e. The fourth-order valence-electron chi connectivity index (χ4n) is 5.20. The van der Waals surface area contributed by atoms with Gasteiger partial charge in [-0.25, -0.2) is 18.2 Å². The van der Waals surface area contributed by atoms with Crippen LogP contribution in [0.15, 0.2) is 69.9 Å². The Labute approximate surface area is 312 Å². The van der Waals surface area contributed by atoms with Crippen molar-refractivity contribution in [1.29, 1.82) is 5.26 Å². The number of aromatic nitrogens is 2. The second-order valence-corrected chi connectivity index (χ2v) is 15.5. The molecule has 1 unspecified atom stereocenters. The molecule has 4 aromatic rings. The fraction of sp³-hybridized carbons (Fsp3) is 0.361. The minimum atomic E-state index is -4.28. The number of rotatable bonds is 14. The summed E-state index contributed by atoms with van der Waals surface area (Å²) < 4.78 is 30.9. The maximum atomic E-state index is 13.6. The average molecular weight is 764 g/mol. The number of carbonyl (C=O) groups excluding carboxylic acids is 1. The Kier molecular flexibility index (Phi) is 12.0. The third kappa shape index (κ3) is 8.82. The summed E-state index contributed by atoms with van der Waals surface area (Å²) >= 11 is 6.25. The van der Waals surface area contributed by atoms with Crippen LogP contribution in [0.1, 0.15) is 84.4 Å². The van der Waals surface area contributed by atoms with Gasteiger partial charge in [-0.2, -0.15) is 10.4 Å². The summed E-state index contributed by atoms with van der Waals surface area (Å²) in [6.07, 6.45) is 2.12. The maximum absolute atomic E-state index is 13.6. The average Bonchev–Trinajstić information content (AvgIpc) is 3.53. The van der Waals surface area contributed by atoms with E-state index >= 15 is 0 Å². The van der Waals surface area contributed by atoms with Gasteiger partial charge >= 0.3 is 0 Å². The molecule has 1 aromatic heterocycles. The number of nitro benzene ring substituents is 1. The zero-order chi connectivity index (χ0) is 39.5. The van der Waals surface area contributed by atoms with Gasteiger partial charge in [0, 0.05) is 22.3 Å². The van der Waals surface area contributed by atoms with Crippen LogP contribution in [0.5, 0.6) is 11.5 Å². The molecule has 0 saturated heterocycles. The number of halogens is 1. The van der Waals surface area contributed by atoms with Crippen LogP contribution in [0, 0.1) is 21.4 Å². The highest BCUT2D eigenvalue weighted by Crippen LogP contribution is 2.40. The Bertz CT molecular complexity index is 2240. The van der Waals surface area contributed by atoms with Gasteiger partial charge in [-0.3, -0.25) is 14.9 Å². The third-order valence-electron chi connectivity index (χ3n) is 9.30. The first-order valence-corrected chi connectivity index (χ1v) is 18.5. The molecule has 0 saturated carbocycles. The zero-order valence-corrected chi connectivity index (χ0v) is 31.9. The van der Waals surface area contributed by atoms with Gasteiger partial charge in [0.1, 0.15) is 23.1 Å². The lowest BCUT2D eigenvalue weighted by molar-refractivity contribution is -0.384. The normalized spacial score (nSPS) is 12.8. The number of carbonyl (C=O) groups is 1. The predicted molar refractivity (Wildman–Crippen MR) is 198 cm³/mol. The van der Waals surface area contributed by atoms with Crippen molar-refractivity contribution in [3.05, 3.63) is 86.6 Å². The van der Waals surface area contributed by atoms with Crippen molar-refractivity contribution in [2.45, 2.75) is 89.6 Å². The quantitative estimate of drug-likeness (QED) is 0.0729. The number of nitrogens with zero attached hydrogens (tertiary/aromatic N) is 6. The molecule has 1 amide bonds. The highest BCUT2D eigenvalue weighted by molar-refractivity contribution is 7.89. The smallest absolute Gasteiger partial charge is 0.296 e. The van der Waals surface area contributed by atoms with E-state index in [1.54, 1.807) is 6.92 Å². The number of nitrogens with two attached hydrogens (primary N) is 1. The van der Waals surface area contributed by atoms with Gasteiger partial charge in [0.05, 0.1) is 21.7 Å². The monoisotopic (exact) mass is 763 g/mol. The minimum Gasteiger partial charge on any atom is -0.870 e. The number of ether oxygens (including phenoxy) is 1. The summed E-state index contributed by atoms with van der Waals surface area (Å²) in [4.78, 5) is 24.1. The number of sulfonamides is 1. The molecule has 1 heterocycles. The van der Waals surface area contributed by atoms with E-state index in [1.165, 1.54) is 12.1 Å². The Morgan fingerprint density at radius 2 is 1.77 bits per heavy atom. The number of azo groups is 1. The number of amides is 1. The summed E-state index contributed by atoms with van der Waals surface area (Å²) in [7, 11) is -4.28. The lowest BCUT2D eigenvalue weighted by Crippen LogP contribution is -2.33. The molecule has 0 aliphatic rings. The predicted octanol–water partition coefficient (Wildman–Crippen LogP) is 7.61. The Hall–Kier alpha value is -5.37. The van der Waals surface area contributed by atoms with Crippen LogP contribution in [-0.2, 0) is 25.6 Å². The van der Waals surface area contributed by atoms with E-state index in [1.807, 2.05) is 18.2 Å². The summed E-state index contributed by atoms with van der Waals surface area (Å²) in [6.45, 7) is 14.6. The van der Waals surface area contributed by atoms with Crippen molar-refractivity contribution in [1.82, 2.24) is 9.78 Å². The van der Waals surface area contributed by atoms with Gasteiger partial charge < -0.3 is 15.2 Å². The first-order chi connectivity index (χ1) is 24.8. The van der Waals surface area contributed by atoms with Crippen molar-refractivity contribution < 1.29 is 28.0 Å². The number of anilines is 1. The van der Waals surface area contributed by atoms with Crippen LogP contribution in [0.3, 0.4) is 0 Å². The molecular weight excluding hydrogens is 724 g/mol. The van der Waals surface area contributed by atoms with Gasteiger partial charge in [-0.05, 0) is 66.0 Å². The van der Waals surface area contributed by atoms with Crippen molar-refractivity contribution in [3.63, 3.8) is 0 Å². The highest BCUT2D eigenvalue weighted by atomic mass is 35.5. The molecule has 4 rings (SSSR count). The van der Waals surface area contributed by atoms with Crippen LogP contribution < -0.4 is 20.3 Å². The number of nitrogens with one attached hydrogen (secondary N) is 1. The van der Waals surface area contributed by atoms with Crippen LogP contribution in [0.4, 0.5) is 22.9 Å². The lowest BCUT2D eigenvalue weighted by atomic mass is 9.76. The van der Waals surface area contributed by atoms with Crippen molar-refractivity contribution in [3.8, 4) is 23.3 Å². The van der Waals surface area contributed by atoms with Gasteiger partial charge in [0.15, 0.2) is 11.9 Å². The first kappa shape index (κ1) is 40.4. The standard InChI is InChI=1S/C36H41ClN8O7S/c1-8-30(52-31-14-11-22(35(4,5)9-2)15-25(31)36(6,7)10-3)34(47)41-27-17-23(16-26(37)32(27)46)42-43-33-21(19-38)20-40-44(33)28-13-12-24(53(39,50)51)18-29(28)45(48)49/h11-18,20,30,46H,8-10H2,1-7H3,(H,41,47)(H2,39,50,51)/p-1. The van der Waals surface area contributed by atoms with Crippen LogP contribution in [0.25, 0.3) is 5.69 Å². The van der Waals surface area contributed by atoms with Gasteiger partial charge in [0.2, 0.25) is 10.0 Å². The molecule has 0 aliphatic carbocycles. The molecule has 0 bridgehead atoms. The molecule has 280 valence electrons. The van der Waals surface area contributed by atoms with Crippen LogP contribution in [-0.4, -0.2) is 35.1 Å². The number of hydrogen-bond acceptors (Lipinski definition) is 11. The van der Waals surface area contributed by atoms with Crippen LogP contribution >= 0.6 is 11.6 Å². The molecule has 1 atom stereocenters. The molecule has 17 heteroatoms. The number of benzene rings is 3. The Morgan fingerprint density at radius 1 is 1.09 bits per heavy atom. The first-order valence-electron chi connectivity index (χ1n) is 16.6. The molecule has 0 aliphatic heterocycles. The SMILES string of the molecule is CCC(Oc1ccc(C(C)(C)CC)cc1C(C)(C)CC)C(=O)Nc1cc(N=Nc2c(C#N)cnn2-c2ccc(S(N)(=O)=O)cc2[N+](=O)[O-])cc(Cl)c1[O-]. The minimum absolute atomic E-state index is 0.0179.